The average Bonchev–Trinajstić information content (AvgIpc) is 3.00. The van der Waals surface area contributed by atoms with Crippen molar-refractivity contribution in [2.24, 2.45) is 0 Å². The van der Waals surface area contributed by atoms with E-state index in [2.05, 4.69) is 16.9 Å². The second-order valence-electron chi connectivity index (χ2n) is 11.7. The lowest BCUT2D eigenvalue weighted by atomic mass is 10.0. The van der Waals surface area contributed by atoms with Gasteiger partial charge < -0.3 is 15.1 Å². The Hall–Kier alpha value is -4.67. The first-order valence-corrected chi connectivity index (χ1v) is 15.0. The number of halogens is 2. The van der Waals surface area contributed by atoms with Crippen molar-refractivity contribution in [3.05, 3.63) is 82.6 Å². The van der Waals surface area contributed by atoms with Gasteiger partial charge in [-0.3, -0.25) is 9.78 Å². The molecule has 2 aliphatic heterocycles. The van der Waals surface area contributed by atoms with E-state index in [0.717, 1.165) is 24.8 Å². The maximum absolute atomic E-state index is 16.2. The van der Waals surface area contributed by atoms with E-state index in [0.29, 0.717) is 48.6 Å². The SMILES string of the molecule is C=CC(=O)N1CCN(c2nc(=O)n3c4nc(c(F)cc24)-c2c(F)cccc2NCCCCc2cnc(C(C)C)c-3c2)[C@@H](C)C1. The molecule has 0 spiro atoms. The summed E-state index contributed by atoms with van der Waals surface area (Å²) >= 11 is 0. The van der Waals surface area contributed by atoms with E-state index >= 15 is 8.78 Å². The van der Waals surface area contributed by atoms with Crippen molar-refractivity contribution in [3.63, 3.8) is 0 Å². The summed E-state index contributed by atoms with van der Waals surface area (Å²) < 4.78 is 33.1. The van der Waals surface area contributed by atoms with Gasteiger partial charge in [0.25, 0.3) is 0 Å². The molecule has 0 aliphatic carbocycles. The standard InChI is InChI=1S/C33H35F2N7O2/c1-5-27(43)40-13-14-41(20(4)18-40)31-22-16-24(35)30-28-23(34)10-8-11-25(28)36-12-7-6-9-21-15-26(29(19(2)3)37-17-21)42(32(22)38-30)33(44)39-31/h5,8,10-11,15-17,19-20,36H,1,6-7,9,12-14,18H2,2-4H3/t20-/m0/s1. The predicted molar refractivity (Wildman–Crippen MR) is 167 cm³/mol. The number of hydrogen-bond acceptors (Lipinski definition) is 7. The van der Waals surface area contributed by atoms with Crippen molar-refractivity contribution >= 4 is 28.4 Å². The van der Waals surface area contributed by atoms with E-state index in [4.69, 9.17) is 9.97 Å². The number of carbonyl (C=O) groups excluding carboxylic acids is 1. The lowest BCUT2D eigenvalue weighted by Gasteiger charge is -2.40. The molecule has 11 heteroatoms. The van der Waals surface area contributed by atoms with Gasteiger partial charge in [0.15, 0.2) is 11.5 Å². The monoisotopic (exact) mass is 599 g/mol. The number of hydrogen-bond donors (Lipinski definition) is 1. The van der Waals surface area contributed by atoms with Crippen LogP contribution in [0, 0.1) is 11.6 Å². The number of aryl methyl sites for hydroxylation is 1. The van der Waals surface area contributed by atoms with Crippen molar-refractivity contribution in [1.82, 2.24) is 24.4 Å². The van der Waals surface area contributed by atoms with Crippen LogP contribution < -0.4 is 15.9 Å². The Morgan fingerprint density at radius 1 is 1.14 bits per heavy atom. The average molecular weight is 600 g/mol. The third-order valence-corrected chi connectivity index (χ3v) is 8.39. The zero-order valence-corrected chi connectivity index (χ0v) is 25.1. The highest BCUT2D eigenvalue weighted by atomic mass is 19.1. The number of carbonyl (C=O) groups is 1. The van der Waals surface area contributed by atoms with E-state index < -0.39 is 17.3 Å². The lowest BCUT2D eigenvalue weighted by molar-refractivity contribution is -0.126. The highest BCUT2D eigenvalue weighted by molar-refractivity contribution is 5.92. The molecule has 1 fully saturated rings. The molecule has 1 N–H and O–H groups in total. The minimum absolute atomic E-state index is 0.00204. The summed E-state index contributed by atoms with van der Waals surface area (Å²) in [5.41, 5.74) is 1.92. The van der Waals surface area contributed by atoms with Crippen LogP contribution in [0.1, 0.15) is 50.8 Å². The zero-order valence-electron chi connectivity index (χ0n) is 25.1. The highest BCUT2D eigenvalue weighted by Crippen LogP contribution is 2.36. The molecule has 9 nitrogen and oxygen atoms in total. The first kappa shape index (κ1) is 29.4. The summed E-state index contributed by atoms with van der Waals surface area (Å²) in [4.78, 5) is 44.0. The van der Waals surface area contributed by atoms with Gasteiger partial charge in [0.05, 0.1) is 22.3 Å². The van der Waals surface area contributed by atoms with Gasteiger partial charge in [-0.1, -0.05) is 26.5 Å². The van der Waals surface area contributed by atoms with E-state index in [1.165, 1.54) is 22.8 Å². The van der Waals surface area contributed by atoms with Crippen LogP contribution in [0.2, 0.25) is 0 Å². The van der Waals surface area contributed by atoms with Crippen LogP contribution in [-0.4, -0.2) is 62.5 Å². The van der Waals surface area contributed by atoms with Crippen LogP contribution in [-0.2, 0) is 11.2 Å². The number of anilines is 2. The molecule has 0 radical (unpaired) electrons. The molecule has 228 valence electrons. The van der Waals surface area contributed by atoms with Gasteiger partial charge in [-0.25, -0.2) is 23.1 Å². The Kier molecular flexibility index (Phi) is 7.87. The van der Waals surface area contributed by atoms with E-state index in [1.807, 2.05) is 37.9 Å². The number of pyridine rings is 2. The molecule has 1 saturated heterocycles. The molecule has 44 heavy (non-hydrogen) atoms. The van der Waals surface area contributed by atoms with Gasteiger partial charge in [-0.2, -0.15) is 4.98 Å². The molecule has 4 aromatic rings. The summed E-state index contributed by atoms with van der Waals surface area (Å²) in [6, 6.07) is 7.54. The number of amides is 1. The first-order chi connectivity index (χ1) is 21.2. The maximum atomic E-state index is 16.2. The minimum Gasteiger partial charge on any atom is -0.384 e. The number of nitrogens with zero attached hydrogens (tertiary/aromatic N) is 6. The Morgan fingerprint density at radius 2 is 1.95 bits per heavy atom. The van der Waals surface area contributed by atoms with Gasteiger partial charge in [0, 0.05) is 44.1 Å². The molecule has 1 aromatic carbocycles. The number of aromatic nitrogens is 4. The van der Waals surface area contributed by atoms with Crippen molar-refractivity contribution in [1.29, 1.82) is 0 Å². The third-order valence-electron chi connectivity index (χ3n) is 8.39. The normalized spacial score (nSPS) is 16.9. The highest BCUT2D eigenvalue weighted by Gasteiger charge is 2.31. The number of piperazine rings is 1. The quantitative estimate of drug-likeness (QED) is 0.323. The van der Waals surface area contributed by atoms with Crippen LogP contribution >= 0.6 is 0 Å². The Balaban J connectivity index is 1.66. The first-order valence-electron chi connectivity index (χ1n) is 15.0. The summed E-state index contributed by atoms with van der Waals surface area (Å²) in [6.07, 6.45) is 5.46. The fourth-order valence-electron chi connectivity index (χ4n) is 6.17. The minimum atomic E-state index is -0.741. The molecule has 5 heterocycles. The molecule has 6 rings (SSSR count). The molecule has 2 aliphatic rings. The lowest BCUT2D eigenvalue weighted by Crippen LogP contribution is -2.54. The molecule has 1 amide bonds. The van der Waals surface area contributed by atoms with Crippen LogP contribution in [0.3, 0.4) is 0 Å². The predicted octanol–water partition coefficient (Wildman–Crippen LogP) is 5.22. The largest absolute Gasteiger partial charge is 0.384 e. The molecular weight excluding hydrogens is 564 g/mol. The Labute approximate surface area is 254 Å². The van der Waals surface area contributed by atoms with Crippen LogP contribution in [0.4, 0.5) is 20.3 Å². The van der Waals surface area contributed by atoms with E-state index in [1.54, 1.807) is 17.0 Å². The van der Waals surface area contributed by atoms with Crippen molar-refractivity contribution in [2.45, 2.75) is 52.0 Å². The van der Waals surface area contributed by atoms with Gasteiger partial charge in [0.2, 0.25) is 5.91 Å². The molecule has 3 aromatic heterocycles. The van der Waals surface area contributed by atoms with Crippen molar-refractivity contribution in [2.75, 3.05) is 36.4 Å². The van der Waals surface area contributed by atoms with E-state index in [9.17, 15) is 9.59 Å². The summed E-state index contributed by atoms with van der Waals surface area (Å²) in [5.74, 6) is -1.33. The number of nitrogens with one attached hydrogen (secondary N) is 1. The molecule has 0 unspecified atom stereocenters. The summed E-state index contributed by atoms with van der Waals surface area (Å²) in [6.45, 7) is 11.2. The summed E-state index contributed by atoms with van der Waals surface area (Å²) in [5, 5.41) is 3.56. The van der Waals surface area contributed by atoms with E-state index in [-0.39, 0.29) is 40.6 Å². The van der Waals surface area contributed by atoms with Crippen molar-refractivity contribution < 1.29 is 13.6 Å². The van der Waals surface area contributed by atoms with Gasteiger partial charge in [0.1, 0.15) is 17.3 Å². The van der Waals surface area contributed by atoms with Gasteiger partial charge in [-0.15, -0.1) is 0 Å². The third kappa shape index (κ3) is 5.20. The number of benzene rings is 1. The maximum Gasteiger partial charge on any atom is 0.355 e. The molecule has 0 saturated carbocycles. The fraction of sp³-hybridized carbons (Fsp3) is 0.364. The molecule has 4 bridgehead atoms. The number of fused-ring (bicyclic) bond motifs is 6. The Morgan fingerprint density at radius 3 is 2.70 bits per heavy atom. The van der Waals surface area contributed by atoms with Crippen molar-refractivity contribution in [3.8, 4) is 16.9 Å². The van der Waals surface area contributed by atoms with Crippen LogP contribution in [0.15, 0.2) is 54.0 Å². The van der Waals surface area contributed by atoms with Crippen LogP contribution in [0.25, 0.3) is 28.0 Å². The topological polar surface area (TPSA) is 96.3 Å². The second kappa shape index (κ2) is 11.8. The Bertz CT molecular complexity index is 1840. The number of rotatable bonds is 3. The van der Waals surface area contributed by atoms with Gasteiger partial charge in [-0.05, 0) is 68.0 Å². The molecule has 1 atom stereocenters. The molecular formula is C33H35F2N7O2. The smallest absolute Gasteiger partial charge is 0.355 e. The fourth-order valence-corrected chi connectivity index (χ4v) is 6.17. The zero-order chi connectivity index (χ0) is 31.1. The van der Waals surface area contributed by atoms with Crippen LogP contribution in [0.5, 0.6) is 0 Å². The second-order valence-corrected chi connectivity index (χ2v) is 11.7. The van der Waals surface area contributed by atoms with Gasteiger partial charge >= 0.3 is 5.69 Å². The summed E-state index contributed by atoms with van der Waals surface area (Å²) in [7, 11) is 0.